The quantitative estimate of drug-likeness (QED) is 0.309. The van der Waals surface area contributed by atoms with Crippen molar-refractivity contribution in [1.82, 2.24) is 4.90 Å². The van der Waals surface area contributed by atoms with Crippen molar-refractivity contribution in [1.29, 1.82) is 0 Å². The average molecular weight is 554 g/mol. The van der Waals surface area contributed by atoms with Crippen LogP contribution in [0.4, 0.5) is 0 Å². The zero-order valence-electron chi connectivity index (χ0n) is 23.6. The molecule has 2 aliphatic carbocycles. The van der Waals surface area contributed by atoms with Gasteiger partial charge in [-0.05, 0) is 32.1 Å². The molecule has 11 heteroatoms. The van der Waals surface area contributed by atoms with E-state index >= 15 is 0 Å². The zero-order chi connectivity index (χ0) is 29.0. The van der Waals surface area contributed by atoms with Crippen LogP contribution in [0.25, 0.3) is 0 Å². The molecule has 0 bridgehead atoms. The van der Waals surface area contributed by atoms with Crippen molar-refractivity contribution in [3.05, 3.63) is 12.7 Å². The fraction of sp³-hybridized carbons (Fsp3) is 0.821. The maximum absolute atomic E-state index is 13.9. The van der Waals surface area contributed by atoms with E-state index in [1.807, 2.05) is 18.7 Å². The summed E-state index contributed by atoms with van der Waals surface area (Å²) in [7, 11) is 0. The van der Waals surface area contributed by atoms with Gasteiger partial charge in [-0.2, -0.15) is 0 Å². The van der Waals surface area contributed by atoms with E-state index in [2.05, 4.69) is 6.58 Å². The Labute approximate surface area is 229 Å². The molecule has 11 nitrogen and oxygen atoms in total. The number of ether oxygens (including phenoxy) is 4. The van der Waals surface area contributed by atoms with E-state index in [1.165, 1.54) is 13.0 Å². The lowest BCUT2D eigenvalue weighted by Gasteiger charge is -2.71. The lowest BCUT2D eigenvalue weighted by Crippen LogP contribution is -2.86. The van der Waals surface area contributed by atoms with Crippen LogP contribution in [0.5, 0.6) is 0 Å². The van der Waals surface area contributed by atoms with Crippen LogP contribution in [0.3, 0.4) is 0 Å². The van der Waals surface area contributed by atoms with E-state index in [-0.39, 0.29) is 13.0 Å². The van der Waals surface area contributed by atoms with E-state index in [1.54, 1.807) is 13.8 Å². The number of nitrogens with zero attached hydrogens (tertiary/aromatic N) is 1. The second-order valence-corrected chi connectivity index (χ2v) is 12.8. The van der Waals surface area contributed by atoms with Crippen LogP contribution < -0.4 is 0 Å². The summed E-state index contributed by atoms with van der Waals surface area (Å²) in [5.74, 6) is -3.01. The predicted octanol–water partition coefficient (Wildman–Crippen LogP) is 0.375. The van der Waals surface area contributed by atoms with Crippen molar-refractivity contribution in [2.75, 3.05) is 39.5 Å². The van der Waals surface area contributed by atoms with Crippen molar-refractivity contribution in [2.24, 2.45) is 16.7 Å². The zero-order valence-corrected chi connectivity index (χ0v) is 23.6. The number of carbonyl (C=O) groups excluding carboxylic acids is 3. The van der Waals surface area contributed by atoms with Gasteiger partial charge in [0.05, 0.1) is 37.6 Å². The van der Waals surface area contributed by atoms with Gasteiger partial charge in [-0.25, -0.2) is 4.79 Å². The monoisotopic (exact) mass is 553 g/mol. The van der Waals surface area contributed by atoms with Crippen molar-refractivity contribution < 1.29 is 48.7 Å². The van der Waals surface area contributed by atoms with Gasteiger partial charge in [-0.15, -0.1) is 6.58 Å². The Bertz CT molecular complexity index is 1010. The summed E-state index contributed by atoms with van der Waals surface area (Å²) in [5.41, 5.74) is -7.67. The van der Waals surface area contributed by atoms with E-state index in [9.17, 15) is 29.7 Å². The average Bonchev–Trinajstić information content (AvgIpc) is 2.86. The first-order valence-corrected chi connectivity index (χ1v) is 13.7. The summed E-state index contributed by atoms with van der Waals surface area (Å²) in [6, 6.07) is 0. The molecule has 0 radical (unpaired) electrons. The van der Waals surface area contributed by atoms with Crippen LogP contribution in [0.2, 0.25) is 0 Å². The topological polar surface area (TPSA) is 152 Å². The summed E-state index contributed by atoms with van der Waals surface area (Å²) in [4.78, 5) is 41.1. The minimum Gasteiger partial charge on any atom is -0.454 e. The van der Waals surface area contributed by atoms with Gasteiger partial charge in [0.25, 0.3) is 0 Å². The SMILES string of the molecule is C=C[C@@]1(C)CC(=O)[C@]2(O)[C@@]3(C)[C@@H](O)CCC(C)(C)[C@@H]3[C@H](O)[C@H](OC(=O)COC(=O)CN3CCOCC3)[C@@]2(C)O1. The number of ketones is 1. The molecule has 8 atom stereocenters. The van der Waals surface area contributed by atoms with Crippen molar-refractivity contribution >= 4 is 17.7 Å². The van der Waals surface area contributed by atoms with Gasteiger partial charge in [-0.3, -0.25) is 14.5 Å². The number of fused-ring (bicyclic) bond motifs is 3. The third-order valence-corrected chi connectivity index (χ3v) is 9.79. The van der Waals surface area contributed by atoms with Gasteiger partial charge in [0.1, 0.15) is 5.60 Å². The number of aliphatic hydroxyl groups is 3. The maximum atomic E-state index is 13.9. The summed E-state index contributed by atoms with van der Waals surface area (Å²) < 4.78 is 22.5. The molecular formula is C28H43NO10. The highest BCUT2D eigenvalue weighted by atomic mass is 16.6. The van der Waals surface area contributed by atoms with Gasteiger partial charge in [-0.1, -0.05) is 26.8 Å². The van der Waals surface area contributed by atoms with E-state index in [0.29, 0.717) is 39.1 Å². The molecule has 4 rings (SSSR count). The molecule has 4 aliphatic rings. The first-order valence-electron chi connectivity index (χ1n) is 13.7. The number of esters is 2. The van der Waals surface area contributed by atoms with Gasteiger partial charge in [0.2, 0.25) is 0 Å². The van der Waals surface area contributed by atoms with Gasteiger partial charge >= 0.3 is 11.9 Å². The van der Waals surface area contributed by atoms with E-state index < -0.39 is 76.2 Å². The molecule has 39 heavy (non-hydrogen) atoms. The van der Waals surface area contributed by atoms with Crippen LogP contribution in [-0.4, -0.2) is 113 Å². The normalized spacial score (nSPS) is 44.1. The molecule has 0 amide bonds. The molecule has 0 aromatic rings. The Hall–Kier alpha value is -1.89. The summed E-state index contributed by atoms with van der Waals surface area (Å²) in [5, 5.41) is 35.6. The van der Waals surface area contributed by atoms with Gasteiger partial charge in [0, 0.05) is 30.8 Å². The van der Waals surface area contributed by atoms with Crippen LogP contribution in [0.15, 0.2) is 12.7 Å². The number of morpholine rings is 1. The highest BCUT2D eigenvalue weighted by molar-refractivity contribution is 5.92. The minimum atomic E-state index is -2.32. The smallest absolute Gasteiger partial charge is 0.344 e. The molecule has 3 N–H and O–H groups in total. The van der Waals surface area contributed by atoms with Crippen LogP contribution in [-0.2, 0) is 33.3 Å². The van der Waals surface area contributed by atoms with Gasteiger partial charge < -0.3 is 34.3 Å². The van der Waals surface area contributed by atoms with Crippen molar-refractivity contribution in [3.63, 3.8) is 0 Å². The standard InChI is InChI=1S/C28H43NO10/c1-7-25(4)14-18(31)28(35)26(5)17(30)8-9-24(2,3)22(26)21(34)23(27(28,6)39-25)38-20(33)16-37-19(32)15-29-10-12-36-13-11-29/h7,17,21-23,30,34-35H,1,8-16H2,2-6H3/t17-,21-,22-,23-,25-,26-,27+,28-/m0/s1. The Kier molecular flexibility index (Phi) is 7.85. The molecule has 0 aromatic carbocycles. The lowest BCUT2D eigenvalue weighted by atomic mass is 9.40. The highest BCUT2D eigenvalue weighted by Gasteiger charge is 2.81. The number of hydrogen-bond acceptors (Lipinski definition) is 11. The molecule has 4 fully saturated rings. The van der Waals surface area contributed by atoms with E-state index in [0.717, 1.165) is 0 Å². The summed E-state index contributed by atoms with van der Waals surface area (Å²) >= 11 is 0. The molecular weight excluding hydrogens is 510 g/mol. The van der Waals surface area contributed by atoms with Crippen molar-refractivity contribution in [2.45, 2.75) is 89.0 Å². The van der Waals surface area contributed by atoms with Gasteiger partial charge in [0.15, 0.2) is 24.1 Å². The summed E-state index contributed by atoms with van der Waals surface area (Å²) in [6.45, 7) is 13.6. The first-order chi connectivity index (χ1) is 18.1. The Balaban J connectivity index is 1.65. The van der Waals surface area contributed by atoms with Crippen LogP contribution in [0, 0.1) is 16.7 Å². The fourth-order valence-corrected chi connectivity index (χ4v) is 7.78. The van der Waals surface area contributed by atoms with Crippen molar-refractivity contribution in [3.8, 4) is 0 Å². The minimum absolute atomic E-state index is 0.0119. The Morgan fingerprint density at radius 3 is 2.38 bits per heavy atom. The third-order valence-electron chi connectivity index (χ3n) is 9.79. The second-order valence-electron chi connectivity index (χ2n) is 12.8. The number of aliphatic hydroxyl groups excluding tert-OH is 2. The molecule has 2 saturated heterocycles. The van der Waals surface area contributed by atoms with Crippen LogP contribution >= 0.6 is 0 Å². The molecule has 2 heterocycles. The predicted molar refractivity (Wildman–Crippen MR) is 137 cm³/mol. The number of Topliss-reactive ketones (excluding diaryl/α,β-unsaturated/α-hetero) is 1. The number of hydrogen-bond donors (Lipinski definition) is 3. The fourth-order valence-electron chi connectivity index (χ4n) is 7.78. The maximum Gasteiger partial charge on any atom is 0.344 e. The van der Waals surface area contributed by atoms with Crippen LogP contribution in [0.1, 0.15) is 53.9 Å². The lowest BCUT2D eigenvalue weighted by molar-refractivity contribution is -0.370. The molecule has 0 unspecified atom stereocenters. The molecule has 2 saturated carbocycles. The number of rotatable bonds is 6. The molecule has 0 spiro atoms. The number of carbonyl (C=O) groups is 3. The Morgan fingerprint density at radius 1 is 1.13 bits per heavy atom. The summed E-state index contributed by atoms with van der Waals surface area (Å²) in [6.07, 6.45) is -2.03. The second kappa shape index (κ2) is 10.2. The first kappa shape index (κ1) is 30.1. The largest absolute Gasteiger partial charge is 0.454 e. The molecule has 2 aliphatic heterocycles. The Morgan fingerprint density at radius 2 is 1.77 bits per heavy atom. The highest BCUT2D eigenvalue weighted by Crippen LogP contribution is 2.67. The third kappa shape index (κ3) is 4.64. The molecule has 0 aromatic heterocycles. The van der Waals surface area contributed by atoms with E-state index in [4.69, 9.17) is 18.9 Å². The molecule has 220 valence electrons.